The maximum atomic E-state index is 11.6. The van der Waals surface area contributed by atoms with Gasteiger partial charge < -0.3 is 0 Å². The third-order valence-corrected chi connectivity index (χ3v) is 3.85. The second-order valence-electron chi connectivity index (χ2n) is 3.62. The third kappa shape index (κ3) is 5.72. The van der Waals surface area contributed by atoms with Gasteiger partial charge in [-0.3, -0.25) is 0 Å². The van der Waals surface area contributed by atoms with E-state index < -0.39 is 10.2 Å². The number of nitrogens with zero attached hydrogens (tertiary/aromatic N) is 2. The fourth-order valence-electron chi connectivity index (χ4n) is 0.910. The molecule has 0 rings (SSSR count). The Kier molecular flexibility index (Phi) is 6.48. The van der Waals surface area contributed by atoms with E-state index in [1.165, 1.54) is 4.31 Å². The normalized spacial score (nSPS) is 12.0. The van der Waals surface area contributed by atoms with Crippen LogP contribution in [0.2, 0.25) is 0 Å². The fourth-order valence-corrected chi connectivity index (χ4v) is 2.07. The highest BCUT2D eigenvalue weighted by molar-refractivity contribution is 7.87. The lowest BCUT2D eigenvalue weighted by atomic mass is 10.2. The minimum absolute atomic E-state index is 0.0541. The van der Waals surface area contributed by atoms with Crippen molar-refractivity contribution in [3.8, 4) is 6.07 Å². The molecule has 0 fully saturated rings. The van der Waals surface area contributed by atoms with E-state index in [0.29, 0.717) is 19.4 Å². The summed E-state index contributed by atoms with van der Waals surface area (Å²) in [5, 5.41) is 8.29. The summed E-state index contributed by atoms with van der Waals surface area (Å²) in [7, 11) is -1.80. The van der Waals surface area contributed by atoms with Gasteiger partial charge in [0.25, 0.3) is 10.2 Å². The van der Waals surface area contributed by atoms with Gasteiger partial charge in [0.1, 0.15) is 0 Å². The van der Waals surface area contributed by atoms with Crippen molar-refractivity contribution in [2.45, 2.75) is 39.2 Å². The van der Waals surface area contributed by atoms with E-state index in [9.17, 15) is 8.42 Å². The maximum absolute atomic E-state index is 11.6. The quantitative estimate of drug-likeness (QED) is 0.663. The zero-order valence-electron chi connectivity index (χ0n) is 9.52. The van der Waals surface area contributed by atoms with Crippen molar-refractivity contribution in [1.82, 2.24) is 9.03 Å². The van der Waals surface area contributed by atoms with Crippen molar-refractivity contribution in [2.24, 2.45) is 0 Å². The number of rotatable bonds is 7. The lowest BCUT2D eigenvalue weighted by molar-refractivity contribution is 0.402. The minimum Gasteiger partial charge on any atom is -0.202 e. The van der Waals surface area contributed by atoms with Crippen LogP contribution in [-0.2, 0) is 10.2 Å². The van der Waals surface area contributed by atoms with Crippen molar-refractivity contribution in [3.05, 3.63) is 0 Å². The van der Waals surface area contributed by atoms with Gasteiger partial charge >= 0.3 is 0 Å². The number of hydrogen-bond donors (Lipinski definition) is 1. The van der Waals surface area contributed by atoms with E-state index in [0.717, 1.165) is 6.42 Å². The molecule has 88 valence electrons. The topological polar surface area (TPSA) is 73.2 Å². The smallest absolute Gasteiger partial charge is 0.202 e. The molecule has 6 heteroatoms. The van der Waals surface area contributed by atoms with Crippen molar-refractivity contribution in [1.29, 1.82) is 5.26 Å². The van der Waals surface area contributed by atoms with Crippen LogP contribution in [0.3, 0.4) is 0 Å². The Bertz CT molecular complexity index is 306. The Balaban J connectivity index is 3.91. The third-order valence-electron chi connectivity index (χ3n) is 2.11. The highest BCUT2D eigenvalue weighted by Gasteiger charge is 2.18. The maximum Gasteiger partial charge on any atom is 0.279 e. The molecule has 0 amide bonds. The van der Waals surface area contributed by atoms with E-state index in [4.69, 9.17) is 5.26 Å². The Morgan fingerprint density at radius 3 is 2.47 bits per heavy atom. The number of nitriles is 1. The van der Waals surface area contributed by atoms with Crippen LogP contribution < -0.4 is 4.72 Å². The first-order chi connectivity index (χ1) is 6.91. The molecule has 0 saturated heterocycles. The first-order valence-electron chi connectivity index (χ1n) is 5.01. The van der Waals surface area contributed by atoms with Crippen LogP contribution in [0, 0.1) is 11.3 Å². The summed E-state index contributed by atoms with van der Waals surface area (Å²) in [6, 6.07) is 1.96. The van der Waals surface area contributed by atoms with Gasteiger partial charge in [0.05, 0.1) is 6.07 Å². The molecule has 0 saturated carbocycles. The van der Waals surface area contributed by atoms with Gasteiger partial charge in [-0.2, -0.15) is 18.0 Å². The predicted octanol–water partition coefficient (Wildman–Crippen LogP) is 0.855. The summed E-state index contributed by atoms with van der Waals surface area (Å²) < 4.78 is 26.9. The van der Waals surface area contributed by atoms with E-state index in [1.54, 1.807) is 7.05 Å². The fraction of sp³-hybridized carbons (Fsp3) is 0.889. The van der Waals surface area contributed by atoms with E-state index >= 15 is 0 Å². The van der Waals surface area contributed by atoms with Gasteiger partial charge in [0.15, 0.2) is 0 Å². The zero-order valence-corrected chi connectivity index (χ0v) is 10.3. The molecule has 0 aromatic heterocycles. The van der Waals surface area contributed by atoms with Crippen LogP contribution in [0.5, 0.6) is 0 Å². The zero-order chi connectivity index (χ0) is 11.9. The molecule has 0 unspecified atom stereocenters. The highest BCUT2D eigenvalue weighted by Crippen LogP contribution is 2.01. The summed E-state index contributed by atoms with van der Waals surface area (Å²) >= 11 is 0. The first-order valence-corrected chi connectivity index (χ1v) is 6.45. The lowest BCUT2D eigenvalue weighted by Gasteiger charge is -2.21. The number of unbranched alkanes of at least 4 members (excludes halogenated alkanes) is 2. The molecule has 1 N–H and O–H groups in total. The molecule has 0 bridgehead atoms. The van der Waals surface area contributed by atoms with Gasteiger partial charge in [-0.15, -0.1) is 0 Å². The van der Waals surface area contributed by atoms with Gasteiger partial charge in [0.2, 0.25) is 0 Å². The van der Waals surface area contributed by atoms with E-state index in [2.05, 4.69) is 4.72 Å². The molecular weight excluding hydrogens is 214 g/mol. The molecule has 0 radical (unpaired) electrons. The van der Waals surface area contributed by atoms with Crippen LogP contribution in [-0.4, -0.2) is 32.4 Å². The Hall–Kier alpha value is -0.640. The Labute approximate surface area is 92.3 Å². The van der Waals surface area contributed by atoms with Gasteiger partial charge in [-0.1, -0.05) is 0 Å². The summed E-state index contributed by atoms with van der Waals surface area (Å²) in [5.41, 5.74) is 0. The van der Waals surface area contributed by atoms with Gasteiger partial charge in [-0.25, -0.2) is 4.72 Å². The molecule has 0 aliphatic heterocycles. The standard InChI is InChI=1S/C9H19N3O2S/c1-9(2)12(3)15(13,14)11-8-6-4-5-7-10/h9,11H,4-6,8H2,1-3H3. The van der Waals surface area contributed by atoms with E-state index in [-0.39, 0.29) is 6.04 Å². The van der Waals surface area contributed by atoms with Gasteiger partial charge in [-0.05, 0) is 26.7 Å². The lowest BCUT2D eigenvalue weighted by Crippen LogP contribution is -2.42. The van der Waals surface area contributed by atoms with Crippen LogP contribution >= 0.6 is 0 Å². The minimum atomic E-state index is -3.35. The summed E-state index contributed by atoms with van der Waals surface area (Å²) in [5.74, 6) is 0. The van der Waals surface area contributed by atoms with E-state index in [1.807, 2.05) is 19.9 Å². The molecular formula is C9H19N3O2S. The van der Waals surface area contributed by atoms with Crippen molar-refractivity contribution in [2.75, 3.05) is 13.6 Å². The average molecular weight is 233 g/mol. The molecule has 15 heavy (non-hydrogen) atoms. The monoisotopic (exact) mass is 233 g/mol. The molecule has 0 aliphatic carbocycles. The number of hydrogen-bond acceptors (Lipinski definition) is 3. The first kappa shape index (κ1) is 14.4. The molecule has 0 aromatic rings. The number of nitrogens with one attached hydrogen (secondary N) is 1. The molecule has 5 nitrogen and oxygen atoms in total. The van der Waals surface area contributed by atoms with Crippen LogP contribution in [0.25, 0.3) is 0 Å². The Morgan fingerprint density at radius 2 is 2.00 bits per heavy atom. The van der Waals surface area contributed by atoms with Crippen LogP contribution in [0.15, 0.2) is 0 Å². The van der Waals surface area contributed by atoms with Crippen molar-refractivity contribution < 1.29 is 8.42 Å². The summed E-state index contributed by atoms with van der Waals surface area (Å²) in [4.78, 5) is 0. The molecule has 0 aliphatic rings. The Morgan fingerprint density at radius 1 is 1.40 bits per heavy atom. The van der Waals surface area contributed by atoms with Crippen LogP contribution in [0.1, 0.15) is 33.1 Å². The highest BCUT2D eigenvalue weighted by atomic mass is 32.2. The SMILES string of the molecule is CC(C)N(C)S(=O)(=O)NCCCCC#N. The molecule has 0 spiro atoms. The molecule has 0 aromatic carbocycles. The van der Waals surface area contributed by atoms with Crippen LogP contribution in [0.4, 0.5) is 0 Å². The van der Waals surface area contributed by atoms with Gasteiger partial charge in [0, 0.05) is 26.1 Å². The predicted molar refractivity (Wildman–Crippen MR) is 59.3 cm³/mol. The summed E-state index contributed by atoms with van der Waals surface area (Å²) in [6.07, 6.45) is 1.89. The largest absolute Gasteiger partial charge is 0.279 e. The van der Waals surface area contributed by atoms with Crippen molar-refractivity contribution in [3.63, 3.8) is 0 Å². The molecule has 0 atom stereocenters. The molecule has 0 heterocycles. The summed E-state index contributed by atoms with van der Waals surface area (Å²) in [6.45, 7) is 4.02. The second-order valence-corrected chi connectivity index (χ2v) is 5.44. The van der Waals surface area contributed by atoms with Crippen molar-refractivity contribution >= 4 is 10.2 Å². The second kappa shape index (κ2) is 6.77. The average Bonchev–Trinajstić information content (AvgIpc) is 2.16.